The molecule has 1 unspecified atom stereocenters. The predicted molar refractivity (Wildman–Crippen MR) is 156 cm³/mol. The molecule has 0 radical (unpaired) electrons. The fourth-order valence-electron chi connectivity index (χ4n) is 5.05. The Morgan fingerprint density at radius 1 is 1.27 bits per heavy atom. The Hall–Kier alpha value is -4.54. The number of nitriles is 1. The molecule has 1 aliphatic carbocycles. The number of nitrogens with one attached hydrogen (secondary N) is 1. The smallest absolute Gasteiger partial charge is 0.274 e. The number of anilines is 2. The van der Waals surface area contributed by atoms with Gasteiger partial charge in [-0.25, -0.2) is 0 Å². The van der Waals surface area contributed by atoms with E-state index < -0.39 is 10.8 Å². The molecule has 1 aromatic heterocycles. The fourth-order valence-corrected chi connectivity index (χ4v) is 6.73. The highest BCUT2D eigenvalue weighted by Crippen LogP contribution is 2.47. The van der Waals surface area contributed by atoms with Crippen molar-refractivity contribution in [3.8, 4) is 6.07 Å². The summed E-state index contributed by atoms with van der Waals surface area (Å²) < 4.78 is 0.487. The summed E-state index contributed by atoms with van der Waals surface area (Å²) in [6, 6.07) is 14.5. The molecule has 1 amide bonds. The van der Waals surface area contributed by atoms with E-state index in [9.17, 15) is 25.0 Å². The summed E-state index contributed by atoms with van der Waals surface area (Å²) in [5.74, 6) is -0.735. The second kappa shape index (κ2) is 11.5. The normalized spacial score (nSPS) is 16.9. The minimum absolute atomic E-state index is 0.00700. The number of amides is 1. The molecule has 1 atom stereocenters. The minimum Gasteiger partial charge on any atom is -0.384 e. The monoisotopic (exact) mass is 587 g/mol. The number of nitrogens with zero attached hydrogens (tertiary/aromatic N) is 5. The zero-order valence-electron chi connectivity index (χ0n) is 22.2. The van der Waals surface area contributed by atoms with Crippen molar-refractivity contribution in [2.24, 2.45) is 5.73 Å². The van der Waals surface area contributed by atoms with Crippen molar-refractivity contribution in [3.05, 3.63) is 91.9 Å². The number of nitrogens with two attached hydrogens (primary N) is 1. The van der Waals surface area contributed by atoms with E-state index in [4.69, 9.17) is 5.73 Å². The first-order valence-corrected chi connectivity index (χ1v) is 14.5. The van der Waals surface area contributed by atoms with Crippen molar-refractivity contribution in [2.75, 3.05) is 16.0 Å². The molecular formula is C28H25N7O4S2. The van der Waals surface area contributed by atoms with Gasteiger partial charge in [0.15, 0.2) is 10.1 Å². The number of Topliss-reactive ketones (excluding diaryl/α,β-unsaturated/α-hetero) is 1. The Kier molecular flexibility index (Phi) is 7.87. The van der Waals surface area contributed by atoms with Crippen LogP contribution >= 0.6 is 23.1 Å². The topological polar surface area (TPSA) is 168 Å². The van der Waals surface area contributed by atoms with Crippen LogP contribution in [0, 0.1) is 35.3 Å². The van der Waals surface area contributed by atoms with E-state index in [1.54, 1.807) is 24.0 Å². The van der Waals surface area contributed by atoms with E-state index in [1.165, 1.54) is 17.4 Å². The first-order chi connectivity index (χ1) is 19.7. The summed E-state index contributed by atoms with van der Waals surface area (Å²) >= 11 is 2.35. The molecule has 208 valence electrons. The lowest BCUT2D eigenvalue weighted by molar-refractivity contribution is -0.385. The van der Waals surface area contributed by atoms with Gasteiger partial charge in [0.2, 0.25) is 11.0 Å². The van der Waals surface area contributed by atoms with Crippen LogP contribution in [0.4, 0.5) is 16.5 Å². The standard InChI is InChI=1S/C28H25N7O4S2/c1-15-5-3-6-17(11-15)24-19(13-29)26(30)34(20-7-4-8-22(36)25(20)24)27-32-33-28(41-27)40-14-23(37)31-18-10-9-16(2)21(12-18)35(38)39/h3,5-6,9-12,24H,4,7-8,14,30H2,1-2H3,(H,31,37). The Morgan fingerprint density at radius 3 is 2.80 bits per heavy atom. The van der Waals surface area contributed by atoms with Gasteiger partial charge in [0.25, 0.3) is 5.69 Å². The Balaban J connectivity index is 1.39. The number of aryl methyl sites for hydroxylation is 2. The van der Waals surface area contributed by atoms with Crippen molar-refractivity contribution in [1.29, 1.82) is 5.26 Å². The summed E-state index contributed by atoms with van der Waals surface area (Å²) in [4.78, 5) is 38.2. The van der Waals surface area contributed by atoms with Crippen molar-refractivity contribution in [1.82, 2.24) is 10.2 Å². The number of carbonyl (C=O) groups excluding carboxylic acids is 2. The first kappa shape index (κ1) is 28.0. The SMILES string of the molecule is Cc1cccc(C2C(C#N)=C(N)N(c3nnc(SCC(=O)Nc4ccc(C)c([N+](=O)[O-])c4)s3)C3=C2C(=O)CCC3)c1. The summed E-state index contributed by atoms with van der Waals surface area (Å²) in [6.07, 6.45) is 1.64. The maximum atomic E-state index is 13.3. The van der Waals surface area contributed by atoms with Gasteiger partial charge in [0, 0.05) is 35.0 Å². The third-order valence-corrected chi connectivity index (χ3v) is 8.93. The van der Waals surface area contributed by atoms with Gasteiger partial charge in [-0.15, -0.1) is 10.2 Å². The molecule has 1 aliphatic heterocycles. The quantitative estimate of drug-likeness (QED) is 0.215. The van der Waals surface area contributed by atoms with Crippen LogP contribution < -0.4 is 16.0 Å². The molecule has 11 nitrogen and oxygen atoms in total. The molecule has 13 heteroatoms. The van der Waals surface area contributed by atoms with Crippen LogP contribution in [0.1, 0.15) is 41.9 Å². The molecule has 3 N–H and O–H groups in total. The first-order valence-electron chi connectivity index (χ1n) is 12.7. The number of hydrogen-bond acceptors (Lipinski definition) is 11. The summed E-state index contributed by atoms with van der Waals surface area (Å²) in [5.41, 5.74) is 10.8. The molecule has 2 aliphatic rings. The lowest BCUT2D eigenvalue weighted by Gasteiger charge is -2.38. The molecule has 0 saturated heterocycles. The van der Waals surface area contributed by atoms with Crippen LogP contribution in [0.5, 0.6) is 0 Å². The number of rotatable bonds is 7. The van der Waals surface area contributed by atoms with Gasteiger partial charge >= 0.3 is 0 Å². The van der Waals surface area contributed by atoms with Crippen LogP contribution in [-0.4, -0.2) is 32.6 Å². The third kappa shape index (κ3) is 5.57. The number of carbonyl (C=O) groups is 2. The number of allylic oxidation sites excluding steroid dienone is 3. The predicted octanol–water partition coefficient (Wildman–Crippen LogP) is 5.10. The lowest BCUT2D eigenvalue weighted by Crippen LogP contribution is -2.38. The minimum atomic E-state index is -0.554. The van der Waals surface area contributed by atoms with Gasteiger partial charge in [0.05, 0.1) is 28.2 Å². The Bertz CT molecular complexity index is 1690. The molecule has 2 heterocycles. The van der Waals surface area contributed by atoms with Crippen LogP contribution in [0.2, 0.25) is 0 Å². The number of aromatic nitrogens is 2. The maximum absolute atomic E-state index is 13.3. The highest BCUT2D eigenvalue weighted by molar-refractivity contribution is 8.01. The number of nitro benzene ring substituents is 1. The summed E-state index contributed by atoms with van der Waals surface area (Å²) in [7, 11) is 0. The number of ketones is 1. The number of nitro groups is 1. The van der Waals surface area contributed by atoms with Crippen molar-refractivity contribution < 1.29 is 14.5 Å². The van der Waals surface area contributed by atoms with E-state index in [0.717, 1.165) is 28.6 Å². The van der Waals surface area contributed by atoms with Crippen molar-refractivity contribution >= 4 is 51.3 Å². The van der Waals surface area contributed by atoms with Crippen molar-refractivity contribution in [2.45, 2.75) is 43.4 Å². The molecule has 0 saturated carbocycles. The summed E-state index contributed by atoms with van der Waals surface area (Å²) in [6.45, 7) is 3.59. The van der Waals surface area contributed by atoms with Crippen LogP contribution in [0.15, 0.2) is 69.5 Å². The van der Waals surface area contributed by atoms with E-state index >= 15 is 0 Å². The molecule has 0 spiro atoms. The number of thioether (sulfide) groups is 1. The van der Waals surface area contributed by atoms with E-state index in [1.807, 2.05) is 31.2 Å². The van der Waals surface area contributed by atoms with E-state index in [2.05, 4.69) is 21.6 Å². The highest BCUT2D eigenvalue weighted by Gasteiger charge is 2.41. The maximum Gasteiger partial charge on any atom is 0.274 e. The second-order valence-corrected chi connectivity index (χ2v) is 11.9. The Morgan fingerprint density at radius 2 is 2.07 bits per heavy atom. The zero-order chi connectivity index (χ0) is 29.3. The van der Waals surface area contributed by atoms with Gasteiger partial charge in [-0.1, -0.05) is 59.0 Å². The van der Waals surface area contributed by atoms with Crippen molar-refractivity contribution in [3.63, 3.8) is 0 Å². The number of benzene rings is 2. The third-order valence-electron chi connectivity index (χ3n) is 6.89. The Labute approximate surface area is 243 Å². The molecule has 3 aromatic rings. The van der Waals surface area contributed by atoms with Gasteiger partial charge in [0.1, 0.15) is 5.82 Å². The second-order valence-electron chi connectivity index (χ2n) is 9.68. The van der Waals surface area contributed by atoms with E-state index in [0.29, 0.717) is 45.6 Å². The average Bonchev–Trinajstić information content (AvgIpc) is 3.40. The van der Waals surface area contributed by atoms with Gasteiger partial charge in [-0.05, 0) is 38.3 Å². The van der Waals surface area contributed by atoms with Gasteiger partial charge in [-0.3, -0.25) is 24.6 Å². The largest absolute Gasteiger partial charge is 0.384 e. The van der Waals surface area contributed by atoms with Crippen LogP contribution in [0.3, 0.4) is 0 Å². The van der Waals surface area contributed by atoms with Gasteiger partial charge in [-0.2, -0.15) is 5.26 Å². The van der Waals surface area contributed by atoms with E-state index in [-0.39, 0.29) is 34.5 Å². The summed E-state index contributed by atoms with van der Waals surface area (Å²) in [5, 5.41) is 32.9. The molecule has 0 bridgehead atoms. The molecule has 41 heavy (non-hydrogen) atoms. The molecule has 5 rings (SSSR count). The molecule has 2 aromatic carbocycles. The van der Waals surface area contributed by atoms with Crippen LogP contribution in [-0.2, 0) is 9.59 Å². The number of hydrogen-bond donors (Lipinski definition) is 2. The highest BCUT2D eigenvalue weighted by atomic mass is 32.2. The lowest BCUT2D eigenvalue weighted by atomic mass is 9.75. The van der Waals surface area contributed by atoms with Crippen LogP contribution in [0.25, 0.3) is 0 Å². The van der Waals surface area contributed by atoms with Gasteiger partial charge < -0.3 is 11.1 Å². The fraction of sp³-hybridized carbons (Fsp3) is 0.250. The average molecular weight is 588 g/mol. The zero-order valence-corrected chi connectivity index (χ0v) is 23.8. The molecular weight excluding hydrogens is 562 g/mol. The molecule has 0 fully saturated rings.